The van der Waals surface area contributed by atoms with E-state index < -0.39 is 12.8 Å². The second-order valence-corrected chi connectivity index (χ2v) is 6.19. The van der Waals surface area contributed by atoms with Crippen LogP contribution in [0.2, 0.25) is 0 Å². The van der Waals surface area contributed by atoms with Gasteiger partial charge in [-0.05, 0) is 43.2 Å². The maximum atomic E-state index is 12.3. The van der Waals surface area contributed by atoms with Gasteiger partial charge in [0.05, 0.1) is 12.1 Å². The Kier molecular flexibility index (Phi) is 6.65. The summed E-state index contributed by atoms with van der Waals surface area (Å²) >= 11 is 0. The summed E-state index contributed by atoms with van der Waals surface area (Å²) in [6.07, 6.45) is -3.25. The molecule has 0 aliphatic carbocycles. The van der Waals surface area contributed by atoms with Crippen molar-refractivity contribution in [1.29, 1.82) is 0 Å². The average molecular weight is 382 g/mol. The van der Waals surface area contributed by atoms with Gasteiger partial charge in [-0.1, -0.05) is 6.07 Å². The van der Waals surface area contributed by atoms with Gasteiger partial charge in [0.1, 0.15) is 12.4 Å². The lowest BCUT2D eigenvalue weighted by molar-refractivity contribution is -0.154. The molecule has 27 heavy (non-hydrogen) atoms. The van der Waals surface area contributed by atoms with E-state index in [4.69, 9.17) is 4.74 Å². The second kappa shape index (κ2) is 8.75. The van der Waals surface area contributed by atoms with E-state index in [1.807, 2.05) is 32.0 Å². The van der Waals surface area contributed by atoms with Crippen LogP contribution in [0.25, 0.3) is 0 Å². The number of benzene rings is 1. The number of aryl methyl sites for hydroxylation is 2. The van der Waals surface area contributed by atoms with E-state index in [1.165, 1.54) is 23.2 Å². The van der Waals surface area contributed by atoms with Crippen LogP contribution in [-0.2, 0) is 0 Å². The van der Waals surface area contributed by atoms with Crippen molar-refractivity contribution < 1.29 is 27.4 Å². The first kappa shape index (κ1) is 20.5. The number of hydrogen-bond acceptors (Lipinski definition) is 4. The molecule has 1 aromatic heterocycles. The smallest absolute Gasteiger partial charge is 0.422 e. The molecule has 0 radical (unpaired) electrons. The first-order chi connectivity index (χ1) is 12.6. The van der Waals surface area contributed by atoms with E-state index in [9.17, 15) is 18.0 Å². The van der Waals surface area contributed by atoms with Gasteiger partial charge in [0, 0.05) is 19.3 Å². The highest BCUT2D eigenvalue weighted by molar-refractivity contribution is 5.93. The lowest BCUT2D eigenvalue weighted by atomic mass is 10.1. The number of nitrogens with zero attached hydrogens (tertiary/aromatic N) is 2. The molecule has 0 atom stereocenters. The third kappa shape index (κ3) is 6.80. The van der Waals surface area contributed by atoms with Crippen LogP contribution in [0.1, 0.15) is 21.5 Å². The molecule has 0 aliphatic rings. The van der Waals surface area contributed by atoms with Gasteiger partial charge in [0.2, 0.25) is 5.88 Å². The third-order valence-corrected chi connectivity index (χ3v) is 3.60. The van der Waals surface area contributed by atoms with Crippen molar-refractivity contribution in [2.75, 3.05) is 26.8 Å². The van der Waals surface area contributed by atoms with Gasteiger partial charge in [0.25, 0.3) is 5.91 Å². The van der Waals surface area contributed by atoms with Crippen LogP contribution in [-0.4, -0.2) is 48.8 Å². The van der Waals surface area contributed by atoms with Crippen LogP contribution in [0, 0.1) is 13.8 Å². The number of rotatable bonds is 7. The fraction of sp³-hybridized carbons (Fsp3) is 0.368. The van der Waals surface area contributed by atoms with E-state index in [-0.39, 0.29) is 17.4 Å². The molecule has 0 spiro atoms. The number of likely N-dealkylation sites (N-methyl/N-ethyl adjacent to an activating group) is 1. The molecule has 1 aromatic carbocycles. The number of carbonyl (C=O) groups excluding carboxylic acids is 1. The van der Waals surface area contributed by atoms with Crippen LogP contribution >= 0.6 is 0 Å². The Labute approximate surface area is 155 Å². The fourth-order valence-corrected chi connectivity index (χ4v) is 2.39. The molecular weight excluding hydrogens is 361 g/mol. The maximum absolute atomic E-state index is 12.3. The monoisotopic (exact) mass is 382 g/mol. The molecule has 0 unspecified atom stereocenters. The predicted octanol–water partition coefficient (Wildman–Crippen LogP) is 3.79. The van der Waals surface area contributed by atoms with Crippen molar-refractivity contribution in [1.82, 2.24) is 9.88 Å². The van der Waals surface area contributed by atoms with E-state index >= 15 is 0 Å². The number of amides is 1. The Morgan fingerprint density at radius 1 is 1.11 bits per heavy atom. The minimum Gasteiger partial charge on any atom is -0.492 e. The zero-order valence-corrected chi connectivity index (χ0v) is 15.3. The van der Waals surface area contributed by atoms with Gasteiger partial charge in [0.15, 0.2) is 6.61 Å². The summed E-state index contributed by atoms with van der Waals surface area (Å²) in [5.41, 5.74) is 2.44. The van der Waals surface area contributed by atoms with Gasteiger partial charge < -0.3 is 14.4 Å². The van der Waals surface area contributed by atoms with Crippen LogP contribution in [0.4, 0.5) is 13.2 Å². The molecule has 0 N–H and O–H groups in total. The van der Waals surface area contributed by atoms with Crippen molar-refractivity contribution >= 4 is 5.91 Å². The Bertz CT molecular complexity index is 757. The van der Waals surface area contributed by atoms with Crippen LogP contribution in [0.5, 0.6) is 11.6 Å². The predicted molar refractivity (Wildman–Crippen MR) is 94.2 cm³/mol. The number of alkyl halides is 3. The maximum Gasteiger partial charge on any atom is 0.422 e. The molecule has 1 heterocycles. The molecule has 2 rings (SSSR count). The van der Waals surface area contributed by atoms with E-state index in [2.05, 4.69) is 9.72 Å². The van der Waals surface area contributed by atoms with Crippen molar-refractivity contribution in [3.8, 4) is 11.6 Å². The molecule has 0 aliphatic heterocycles. The summed E-state index contributed by atoms with van der Waals surface area (Å²) in [7, 11) is 1.61. The van der Waals surface area contributed by atoms with Crippen molar-refractivity contribution in [2.45, 2.75) is 20.0 Å². The molecule has 146 valence electrons. The normalized spacial score (nSPS) is 11.2. The standard InChI is InChI=1S/C19H21F3N2O3/c1-13-8-14(2)10-16(9-13)26-7-6-24(3)18(25)15-4-5-17(23-11-15)27-12-19(20,21)22/h4-5,8-11H,6-7,12H2,1-3H3. The van der Waals surface area contributed by atoms with Crippen LogP contribution < -0.4 is 9.47 Å². The summed E-state index contributed by atoms with van der Waals surface area (Å²) in [6, 6.07) is 8.48. The van der Waals surface area contributed by atoms with Gasteiger partial charge in [-0.15, -0.1) is 0 Å². The summed E-state index contributed by atoms with van der Waals surface area (Å²) < 4.78 is 46.5. The average Bonchev–Trinajstić information content (AvgIpc) is 2.58. The van der Waals surface area contributed by atoms with Crippen LogP contribution in [0.15, 0.2) is 36.5 Å². The lowest BCUT2D eigenvalue weighted by Crippen LogP contribution is -2.31. The molecule has 0 bridgehead atoms. The fourth-order valence-electron chi connectivity index (χ4n) is 2.39. The number of hydrogen-bond donors (Lipinski definition) is 0. The summed E-state index contributed by atoms with van der Waals surface area (Å²) in [6.45, 7) is 3.18. The van der Waals surface area contributed by atoms with Crippen molar-refractivity contribution in [2.24, 2.45) is 0 Å². The first-order valence-corrected chi connectivity index (χ1v) is 8.26. The molecule has 5 nitrogen and oxygen atoms in total. The van der Waals surface area contributed by atoms with E-state index in [0.29, 0.717) is 13.2 Å². The molecular formula is C19H21F3N2O3. The zero-order chi connectivity index (χ0) is 20.0. The van der Waals surface area contributed by atoms with Gasteiger partial charge in [-0.2, -0.15) is 13.2 Å². The Hall–Kier alpha value is -2.77. The number of halogens is 3. The van der Waals surface area contributed by atoms with Gasteiger partial charge in [-0.3, -0.25) is 4.79 Å². The first-order valence-electron chi connectivity index (χ1n) is 8.26. The van der Waals surface area contributed by atoms with E-state index in [1.54, 1.807) is 7.05 Å². The topological polar surface area (TPSA) is 51.7 Å². The minimum atomic E-state index is -4.44. The lowest BCUT2D eigenvalue weighted by Gasteiger charge is -2.18. The molecule has 1 amide bonds. The summed E-state index contributed by atoms with van der Waals surface area (Å²) in [4.78, 5) is 17.5. The Morgan fingerprint density at radius 2 is 1.78 bits per heavy atom. The van der Waals surface area contributed by atoms with Crippen LogP contribution in [0.3, 0.4) is 0 Å². The highest BCUT2D eigenvalue weighted by Gasteiger charge is 2.28. The number of ether oxygens (including phenoxy) is 2. The molecule has 0 saturated heterocycles. The molecule has 0 fully saturated rings. The van der Waals surface area contributed by atoms with Gasteiger partial charge >= 0.3 is 6.18 Å². The largest absolute Gasteiger partial charge is 0.492 e. The highest BCUT2D eigenvalue weighted by atomic mass is 19.4. The Balaban J connectivity index is 1.85. The summed E-state index contributed by atoms with van der Waals surface area (Å²) in [5.74, 6) is 0.236. The van der Waals surface area contributed by atoms with Gasteiger partial charge in [-0.25, -0.2) is 4.98 Å². The third-order valence-electron chi connectivity index (χ3n) is 3.60. The number of carbonyl (C=O) groups is 1. The molecule has 8 heteroatoms. The summed E-state index contributed by atoms with van der Waals surface area (Å²) in [5, 5.41) is 0. The van der Waals surface area contributed by atoms with Crippen molar-refractivity contribution in [3.63, 3.8) is 0 Å². The highest BCUT2D eigenvalue weighted by Crippen LogP contribution is 2.18. The zero-order valence-electron chi connectivity index (χ0n) is 15.3. The molecule has 0 saturated carbocycles. The number of aromatic nitrogens is 1. The van der Waals surface area contributed by atoms with Crippen molar-refractivity contribution in [3.05, 3.63) is 53.2 Å². The minimum absolute atomic E-state index is 0.190. The molecule has 2 aromatic rings. The quantitative estimate of drug-likeness (QED) is 0.731. The van der Waals surface area contributed by atoms with E-state index in [0.717, 1.165) is 16.9 Å². The second-order valence-electron chi connectivity index (χ2n) is 6.19. The Morgan fingerprint density at radius 3 is 2.33 bits per heavy atom. The SMILES string of the molecule is Cc1cc(C)cc(OCCN(C)C(=O)c2ccc(OCC(F)(F)F)nc2)c1. The number of pyridine rings is 1.